The van der Waals surface area contributed by atoms with E-state index in [2.05, 4.69) is 0 Å². The van der Waals surface area contributed by atoms with Gasteiger partial charge in [0.15, 0.2) is 11.6 Å². The molecule has 1 aliphatic rings. The van der Waals surface area contributed by atoms with E-state index in [1.807, 2.05) is 27.7 Å². The lowest BCUT2D eigenvalue weighted by Crippen LogP contribution is -2.21. The maximum Gasteiger partial charge on any atom is 0.182 e. The molecular weight excluding hydrogens is 176 g/mol. The topological polar surface area (TPSA) is 34.1 Å². The Morgan fingerprint density at radius 1 is 0.786 bits per heavy atom. The van der Waals surface area contributed by atoms with Crippen LogP contribution in [0.25, 0.3) is 0 Å². The minimum absolute atomic E-state index is 0.0108. The zero-order valence-electron chi connectivity index (χ0n) is 9.13. The van der Waals surface area contributed by atoms with E-state index in [9.17, 15) is 9.59 Å². The third-order valence-electron chi connectivity index (χ3n) is 2.36. The Kier molecular flexibility index (Phi) is 3.04. The highest BCUT2D eigenvalue weighted by molar-refractivity contribution is 6.20. The summed E-state index contributed by atoms with van der Waals surface area (Å²) >= 11 is 0. The molecule has 76 valence electrons. The molecule has 0 heterocycles. The van der Waals surface area contributed by atoms with Gasteiger partial charge < -0.3 is 0 Å². The molecule has 0 atom stereocenters. The molecule has 1 aliphatic carbocycles. The average Bonchev–Trinajstić information content (AvgIpc) is 2.07. The van der Waals surface area contributed by atoms with E-state index >= 15 is 0 Å². The molecule has 0 radical (unpaired) electrons. The first kappa shape index (κ1) is 10.9. The van der Waals surface area contributed by atoms with E-state index < -0.39 is 0 Å². The van der Waals surface area contributed by atoms with Crippen LogP contribution in [0.5, 0.6) is 0 Å². The first-order chi connectivity index (χ1) is 6.45. The lowest BCUT2D eigenvalue weighted by Gasteiger charge is -2.20. The smallest absolute Gasteiger partial charge is 0.182 e. The van der Waals surface area contributed by atoms with Crippen molar-refractivity contribution in [3.05, 3.63) is 23.3 Å². The summed E-state index contributed by atoms with van der Waals surface area (Å²) in [5, 5.41) is 0. The van der Waals surface area contributed by atoms with Crippen LogP contribution in [0.2, 0.25) is 0 Å². The third kappa shape index (κ3) is 1.84. The Morgan fingerprint density at radius 2 is 1.07 bits per heavy atom. The van der Waals surface area contributed by atoms with Gasteiger partial charge in [0.1, 0.15) is 0 Å². The Hall–Kier alpha value is -1.18. The van der Waals surface area contributed by atoms with Crippen LogP contribution in [0.4, 0.5) is 0 Å². The molecule has 0 N–H and O–H groups in total. The van der Waals surface area contributed by atoms with Gasteiger partial charge in [0.2, 0.25) is 0 Å². The van der Waals surface area contributed by atoms with E-state index in [1.165, 1.54) is 12.2 Å². The Labute approximate surface area is 84.7 Å². The van der Waals surface area contributed by atoms with E-state index in [-0.39, 0.29) is 23.4 Å². The van der Waals surface area contributed by atoms with Gasteiger partial charge in [-0.3, -0.25) is 9.59 Å². The molecule has 14 heavy (non-hydrogen) atoms. The first-order valence-electron chi connectivity index (χ1n) is 4.96. The predicted octanol–water partition coefficient (Wildman–Crippen LogP) is 2.30. The van der Waals surface area contributed by atoms with Crippen molar-refractivity contribution in [1.29, 1.82) is 0 Å². The lowest BCUT2D eigenvalue weighted by atomic mass is 9.82. The van der Waals surface area contributed by atoms with Gasteiger partial charge in [-0.1, -0.05) is 27.7 Å². The highest BCUT2D eigenvalue weighted by Gasteiger charge is 2.26. The summed E-state index contributed by atoms with van der Waals surface area (Å²) < 4.78 is 0. The highest BCUT2D eigenvalue weighted by atomic mass is 16.1. The van der Waals surface area contributed by atoms with Crippen molar-refractivity contribution in [3.63, 3.8) is 0 Å². The van der Waals surface area contributed by atoms with Gasteiger partial charge in [-0.25, -0.2) is 0 Å². The Bertz CT molecular complexity index is 298. The number of rotatable bonds is 2. The summed E-state index contributed by atoms with van der Waals surface area (Å²) in [6, 6.07) is 0. The van der Waals surface area contributed by atoms with Crippen LogP contribution in [0.1, 0.15) is 27.7 Å². The normalized spacial score (nSPS) is 17.6. The average molecular weight is 192 g/mol. The molecule has 0 amide bonds. The first-order valence-corrected chi connectivity index (χ1v) is 4.96. The molecule has 0 aromatic heterocycles. The number of ketones is 2. The zero-order valence-corrected chi connectivity index (χ0v) is 9.13. The van der Waals surface area contributed by atoms with Crippen LogP contribution in [-0.4, -0.2) is 11.6 Å². The van der Waals surface area contributed by atoms with Crippen LogP contribution < -0.4 is 0 Å². The van der Waals surface area contributed by atoms with Crippen molar-refractivity contribution in [2.45, 2.75) is 27.7 Å². The predicted molar refractivity (Wildman–Crippen MR) is 55.9 cm³/mol. The van der Waals surface area contributed by atoms with Gasteiger partial charge in [-0.15, -0.1) is 0 Å². The van der Waals surface area contributed by atoms with E-state index in [1.54, 1.807) is 0 Å². The van der Waals surface area contributed by atoms with Crippen molar-refractivity contribution in [3.8, 4) is 0 Å². The molecule has 1 rings (SSSR count). The van der Waals surface area contributed by atoms with Crippen LogP contribution in [0.15, 0.2) is 23.3 Å². The van der Waals surface area contributed by atoms with Gasteiger partial charge in [-0.05, 0) is 24.0 Å². The van der Waals surface area contributed by atoms with Crippen molar-refractivity contribution in [2.75, 3.05) is 0 Å². The SMILES string of the molecule is CC(C)C1=C(C(C)C)C(=O)C=CC1=O. The third-order valence-corrected chi connectivity index (χ3v) is 2.36. The summed E-state index contributed by atoms with van der Waals surface area (Å²) in [5.41, 5.74) is 1.38. The van der Waals surface area contributed by atoms with Gasteiger partial charge in [-0.2, -0.15) is 0 Å². The molecule has 0 aromatic rings. The van der Waals surface area contributed by atoms with Gasteiger partial charge >= 0.3 is 0 Å². The number of hydrogen-bond donors (Lipinski definition) is 0. The van der Waals surface area contributed by atoms with Crippen molar-refractivity contribution in [2.24, 2.45) is 11.8 Å². The number of carbonyl (C=O) groups is 2. The van der Waals surface area contributed by atoms with Crippen LogP contribution in [-0.2, 0) is 9.59 Å². The van der Waals surface area contributed by atoms with Crippen molar-refractivity contribution in [1.82, 2.24) is 0 Å². The number of allylic oxidation sites excluding steroid dienone is 4. The summed E-state index contributed by atoms with van der Waals surface area (Å²) in [6.07, 6.45) is 2.76. The standard InChI is InChI=1S/C12H16O2/c1-7(2)11-9(13)5-6-10(14)12(11)8(3)4/h5-8H,1-4H3. The maximum absolute atomic E-state index is 11.6. The number of carbonyl (C=O) groups excluding carboxylic acids is 2. The number of hydrogen-bond acceptors (Lipinski definition) is 2. The molecular formula is C12H16O2. The molecule has 0 saturated heterocycles. The largest absolute Gasteiger partial charge is 0.290 e. The monoisotopic (exact) mass is 192 g/mol. The zero-order chi connectivity index (χ0) is 10.9. The molecule has 0 fully saturated rings. The summed E-state index contributed by atoms with van der Waals surface area (Å²) in [5.74, 6) is 0.217. The molecule has 0 bridgehead atoms. The van der Waals surface area contributed by atoms with Crippen molar-refractivity contribution < 1.29 is 9.59 Å². The second-order valence-electron chi connectivity index (χ2n) is 4.20. The minimum atomic E-state index is -0.0108. The van der Waals surface area contributed by atoms with Crippen LogP contribution in [0.3, 0.4) is 0 Å². The van der Waals surface area contributed by atoms with E-state index in [0.717, 1.165) is 0 Å². The molecule has 0 unspecified atom stereocenters. The molecule has 0 spiro atoms. The Balaban J connectivity index is 3.27. The fraction of sp³-hybridized carbons (Fsp3) is 0.500. The fourth-order valence-corrected chi connectivity index (χ4v) is 1.79. The van der Waals surface area contributed by atoms with Gasteiger partial charge in [0.25, 0.3) is 0 Å². The molecule has 0 aromatic carbocycles. The molecule has 2 nitrogen and oxygen atoms in total. The lowest BCUT2D eigenvalue weighted by molar-refractivity contribution is -0.115. The molecule has 2 heteroatoms. The molecule has 0 aliphatic heterocycles. The van der Waals surface area contributed by atoms with E-state index in [0.29, 0.717) is 11.1 Å². The highest BCUT2D eigenvalue weighted by Crippen LogP contribution is 2.26. The van der Waals surface area contributed by atoms with Crippen LogP contribution in [0, 0.1) is 11.8 Å². The van der Waals surface area contributed by atoms with E-state index in [4.69, 9.17) is 0 Å². The quantitative estimate of drug-likeness (QED) is 0.629. The second-order valence-corrected chi connectivity index (χ2v) is 4.20. The van der Waals surface area contributed by atoms with Crippen molar-refractivity contribution >= 4 is 11.6 Å². The van der Waals surface area contributed by atoms with Gasteiger partial charge in [0.05, 0.1) is 0 Å². The summed E-state index contributed by atoms with van der Waals surface area (Å²) in [6.45, 7) is 7.79. The fourth-order valence-electron chi connectivity index (χ4n) is 1.79. The summed E-state index contributed by atoms with van der Waals surface area (Å²) in [7, 11) is 0. The maximum atomic E-state index is 11.6. The minimum Gasteiger partial charge on any atom is -0.290 e. The Morgan fingerprint density at radius 3 is 1.29 bits per heavy atom. The van der Waals surface area contributed by atoms with Gasteiger partial charge in [0, 0.05) is 11.1 Å². The summed E-state index contributed by atoms with van der Waals surface area (Å²) in [4.78, 5) is 23.2. The molecule has 0 saturated carbocycles. The second kappa shape index (κ2) is 3.91. The van der Waals surface area contributed by atoms with Crippen LogP contribution >= 0.6 is 0 Å².